The predicted molar refractivity (Wildman–Crippen MR) is 70.7 cm³/mol. The maximum absolute atomic E-state index is 5.46. The summed E-state index contributed by atoms with van der Waals surface area (Å²) in [6.07, 6.45) is 5.92. The first kappa shape index (κ1) is 14.3. The lowest BCUT2D eigenvalue weighted by Gasteiger charge is -2.27. The highest BCUT2D eigenvalue weighted by atomic mass is 16.5. The quantitative estimate of drug-likeness (QED) is 0.221. The summed E-state index contributed by atoms with van der Waals surface area (Å²) in [5.41, 5.74) is 2.64. The van der Waals surface area contributed by atoms with E-state index in [1.54, 1.807) is 7.11 Å². The number of hydrogen-bond acceptors (Lipinski definition) is 3. The molecule has 1 aliphatic carbocycles. The summed E-state index contributed by atoms with van der Waals surface area (Å²) >= 11 is 0. The number of ether oxygens (including phenoxy) is 1. The normalized spacial score (nSPS) is 25.7. The summed E-state index contributed by atoms with van der Waals surface area (Å²) in [7, 11) is 1.70. The molecule has 0 aromatic heterocycles. The SMILES string of the molecule is COCCCN=C(NN)NC1CCC(C)CC1. The van der Waals surface area contributed by atoms with Crippen molar-refractivity contribution in [2.75, 3.05) is 20.3 Å². The molecule has 17 heavy (non-hydrogen) atoms. The predicted octanol–water partition coefficient (Wildman–Crippen LogP) is 1.01. The van der Waals surface area contributed by atoms with Gasteiger partial charge in [-0.3, -0.25) is 10.4 Å². The minimum absolute atomic E-state index is 0.517. The molecule has 0 spiro atoms. The van der Waals surface area contributed by atoms with Crippen molar-refractivity contribution in [3.05, 3.63) is 0 Å². The summed E-state index contributed by atoms with van der Waals surface area (Å²) in [6.45, 7) is 3.79. The van der Waals surface area contributed by atoms with Gasteiger partial charge in [0.25, 0.3) is 0 Å². The molecule has 0 aromatic rings. The van der Waals surface area contributed by atoms with E-state index in [9.17, 15) is 0 Å². The van der Waals surface area contributed by atoms with Crippen LogP contribution in [-0.2, 0) is 4.74 Å². The van der Waals surface area contributed by atoms with E-state index in [1.807, 2.05) is 0 Å². The minimum Gasteiger partial charge on any atom is -0.385 e. The fourth-order valence-corrected chi connectivity index (χ4v) is 2.13. The molecule has 1 saturated carbocycles. The Morgan fingerprint density at radius 1 is 1.35 bits per heavy atom. The third kappa shape index (κ3) is 5.89. The summed E-state index contributed by atoms with van der Waals surface area (Å²) in [6, 6.07) is 0.517. The molecule has 1 aliphatic rings. The van der Waals surface area contributed by atoms with Crippen LogP contribution in [0.4, 0.5) is 0 Å². The molecule has 0 atom stereocenters. The van der Waals surface area contributed by atoms with Gasteiger partial charge in [0.15, 0.2) is 0 Å². The zero-order valence-corrected chi connectivity index (χ0v) is 11.0. The third-order valence-corrected chi connectivity index (χ3v) is 3.27. The Morgan fingerprint density at radius 3 is 2.65 bits per heavy atom. The van der Waals surface area contributed by atoms with E-state index in [-0.39, 0.29) is 0 Å². The Balaban J connectivity index is 2.25. The van der Waals surface area contributed by atoms with Gasteiger partial charge in [0.2, 0.25) is 5.96 Å². The van der Waals surface area contributed by atoms with Crippen LogP contribution in [0.3, 0.4) is 0 Å². The molecule has 0 unspecified atom stereocenters. The van der Waals surface area contributed by atoms with Crippen LogP contribution in [0.2, 0.25) is 0 Å². The van der Waals surface area contributed by atoms with Crippen molar-refractivity contribution in [2.24, 2.45) is 16.8 Å². The highest BCUT2D eigenvalue weighted by molar-refractivity contribution is 5.79. The molecular formula is C12H26N4O. The van der Waals surface area contributed by atoms with Crippen LogP contribution in [0.15, 0.2) is 4.99 Å². The molecule has 4 N–H and O–H groups in total. The van der Waals surface area contributed by atoms with Crippen LogP contribution in [0.5, 0.6) is 0 Å². The number of hydrogen-bond donors (Lipinski definition) is 3. The van der Waals surface area contributed by atoms with Crippen molar-refractivity contribution in [2.45, 2.75) is 45.1 Å². The molecule has 0 bridgehead atoms. The van der Waals surface area contributed by atoms with Gasteiger partial charge in [0, 0.05) is 26.3 Å². The van der Waals surface area contributed by atoms with Crippen LogP contribution >= 0.6 is 0 Å². The van der Waals surface area contributed by atoms with Crippen LogP contribution < -0.4 is 16.6 Å². The number of nitrogens with one attached hydrogen (secondary N) is 2. The average molecular weight is 242 g/mol. The number of rotatable bonds is 5. The Bertz CT molecular complexity index is 225. The number of hydrazine groups is 1. The summed E-state index contributed by atoms with van der Waals surface area (Å²) < 4.78 is 4.98. The van der Waals surface area contributed by atoms with Gasteiger partial charge in [0.05, 0.1) is 0 Å². The molecule has 5 nitrogen and oxygen atoms in total. The number of aliphatic imine (C=N–C) groups is 1. The van der Waals surface area contributed by atoms with Crippen molar-refractivity contribution in [3.63, 3.8) is 0 Å². The Hall–Kier alpha value is -0.810. The highest BCUT2D eigenvalue weighted by Gasteiger charge is 2.18. The van der Waals surface area contributed by atoms with Crippen molar-refractivity contribution < 1.29 is 4.74 Å². The Labute approximate surface area is 104 Å². The van der Waals surface area contributed by atoms with E-state index in [0.29, 0.717) is 12.0 Å². The van der Waals surface area contributed by atoms with E-state index >= 15 is 0 Å². The lowest BCUT2D eigenvalue weighted by molar-refractivity contribution is 0.197. The number of methoxy groups -OCH3 is 1. The van der Waals surface area contributed by atoms with Gasteiger partial charge in [-0.1, -0.05) is 6.92 Å². The second-order valence-electron chi connectivity index (χ2n) is 4.82. The first-order valence-corrected chi connectivity index (χ1v) is 6.52. The summed E-state index contributed by atoms with van der Waals surface area (Å²) in [5, 5.41) is 3.38. The molecule has 0 radical (unpaired) electrons. The maximum Gasteiger partial charge on any atom is 0.205 e. The zero-order valence-electron chi connectivity index (χ0n) is 11.0. The highest BCUT2D eigenvalue weighted by Crippen LogP contribution is 2.23. The lowest BCUT2D eigenvalue weighted by atomic mass is 9.87. The van der Waals surface area contributed by atoms with Crippen LogP contribution in [0.25, 0.3) is 0 Å². The summed E-state index contributed by atoms with van der Waals surface area (Å²) in [4.78, 5) is 4.38. The van der Waals surface area contributed by atoms with Gasteiger partial charge >= 0.3 is 0 Å². The molecule has 5 heteroatoms. The fourth-order valence-electron chi connectivity index (χ4n) is 2.13. The molecule has 0 amide bonds. The number of nitrogens with zero attached hydrogens (tertiary/aromatic N) is 1. The smallest absolute Gasteiger partial charge is 0.205 e. The van der Waals surface area contributed by atoms with E-state index in [0.717, 1.165) is 25.5 Å². The second kappa shape index (κ2) is 8.31. The fraction of sp³-hybridized carbons (Fsp3) is 0.917. The first-order chi connectivity index (χ1) is 8.26. The molecule has 0 aromatic carbocycles. The van der Waals surface area contributed by atoms with Crippen molar-refractivity contribution in [1.29, 1.82) is 0 Å². The molecule has 1 fully saturated rings. The average Bonchev–Trinajstić information content (AvgIpc) is 2.35. The van der Waals surface area contributed by atoms with Crippen molar-refractivity contribution in [1.82, 2.24) is 10.7 Å². The molecule has 100 valence electrons. The number of nitrogens with two attached hydrogens (primary N) is 1. The Kier molecular flexibility index (Phi) is 6.96. The van der Waals surface area contributed by atoms with Crippen LogP contribution in [-0.4, -0.2) is 32.3 Å². The van der Waals surface area contributed by atoms with E-state index in [2.05, 4.69) is 22.7 Å². The van der Waals surface area contributed by atoms with Gasteiger partial charge < -0.3 is 10.1 Å². The molecule has 0 heterocycles. The van der Waals surface area contributed by atoms with Gasteiger partial charge in [-0.05, 0) is 38.0 Å². The largest absolute Gasteiger partial charge is 0.385 e. The van der Waals surface area contributed by atoms with Crippen molar-refractivity contribution in [3.8, 4) is 0 Å². The minimum atomic E-state index is 0.517. The molecule has 1 rings (SSSR count). The van der Waals surface area contributed by atoms with E-state index in [4.69, 9.17) is 10.6 Å². The van der Waals surface area contributed by atoms with E-state index in [1.165, 1.54) is 25.7 Å². The van der Waals surface area contributed by atoms with E-state index < -0.39 is 0 Å². The van der Waals surface area contributed by atoms with Gasteiger partial charge in [-0.25, -0.2) is 5.84 Å². The number of guanidine groups is 1. The first-order valence-electron chi connectivity index (χ1n) is 6.52. The summed E-state index contributed by atoms with van der Waals surface area (Å²) in [5.74, 6) is 7.03. The van der Waals surface area contributed by atoms with Crippen LogP contribution in [0, 0.1) is 5.92 Å². The Morgan fingerprint density at radius 2 is 2.06 bits per heavy atom. The molecule has 0 saturated heterocycles. The van der Waals surface area contributed by atoms with Crippen molar-refractivity contribution >= 4 is 5.96 Å². The maximum atomic E-state index is 5.46. The van der Waals surface area contributed by atoms with Gasteiger partial charge in [-0.2, -0.15) is 0 Å². The van der Waals surface area contributed by atoms with Gasteiger partial charge in [-0.15, -0.1) is 0 Å². The monoisotopic (exact) mass is 242 g/mol. The lowest BCUT2D eigenvalue weighted by Crippen LogP contribution is -2.47. The zero-order chi connectivity index (χ0) is 12.5. The van der Waals surface area contributed by atoms with Crippen LogP contribution in [0.1, 0.15) is 39.0 Å². The molecular weight excluding hydrogens is 216 g/mol. The molecule has 0 aliphatic heterocycles. The third-order valence-electron chi connectivity index (χ3n) is 3.27. The topological polar surface area (TPSA) is 71.7 Å². The van der Waals surface area contributed by atoms with Gasteiger partial charge in [0.1, 0.15) is 0 Å². The second-order valence-corrected chi connectivity index (χ2v) is 4.82. The standard InChI is InChI=1S/C12H26N4O/c1-10-4-6-11(7-5-10)15-12(16-13)14-8-3-9-17-2/h10-11H,3-9,13H2,1-2H3,(H2,14,15,16).